The van der Waals surface area contributed by atoms with Crippen LogP contribution in [-0.4, -0.2) is 84.5 Å². The molecule has 16 heteroatoms. The second kappa shape index (κ2) is 20.5. The minimum absolute atomic E-state index is 0. The number of benzene rings is 3. The van der Waals surface area contributed by atoms with Crippen LogP contribution in [0.3, 0.4) is 0 Å². The van der Waals surface area contributed by atoms with E-state index in [1.807, 2.05) is 0 Å². The van der Waals surface area contributed by atoms with E-state index in [0.29, 0.717) is 72.8 Å². The quantitative estimate of drug-likeness (QED) is 0.0370. The number of aromatic hydroxyl groups is 1. The van der Waals surface area contributed by atoms with Crippen LogP contribution in [-0.2, 0) is 9.59 Å². The molecule has 1 amide bonds. The number of fused-ring (bicyclic) bond motifs is 7. The molecule has 5 aliphatic carbocycles. The van der Waals surface area contributed by atoms with Gasteiger partial charge in [-0.05, 0) is 166 Å². The summed E-state index contributed by atoms with van der Waals surface area (Å²) in [6.07, 6.45) is 6.23. The number of carbonyl (C=O) groups excluding carboxylic acids is 1. The average molecular weight is 949 g/mol. The minimum atomic E-state index is -1.20. The van der Waals surface area contributed by atoms with Gasteiger partial charge >= 0.3 is 41.5 Å². The van der Waals surface area contributed by atoms with Crippen LogP contribution in [0.5, 0.6) is 5.75 Å². The largest absolute Gasteiger partial charge is 1.00 e. The van der Waals surface area contributed by atoms with Crippen LogP contribution in [0, 0.1) is 46.3 Å². The van der Waals surface area contributed by atoms with Crippen molar-refractivity contribution in [3.8, 4) is 28.2 Å². The standard InChI is InChI=1S/C51H63N3O11S.Na/c1-26(32-14-15-37-46(32)39(58)25-42-50(2)18-17-31(57)20-27(50)21-43(59)51(37,42)3)7-16-44(60)54-38(48(63)64)6-4-5-19-52-49(66)53-28-8-11-33(36(22-28)47(61)62)45-34-12-9-29(55)23-40(34)65-41-24-30(56)10-13-35(41)45;/h8-13,22-24,26-27,31-32,37-39,42-43,46,55,57-59H,4-7,14-21,25H2,1-3H3,(H,54,60)(H,61,62)(H,63,64)(H2,52,53,66);/q;+1/t26-,27+,31-,32-,37?,38?,39+,42-,43-,46-,50+,51+;/m1./s1. The van der Waals surface area contributed by atoms with Gasteiger partial charge in [-0.1, -0.05) is 26.8 Å². The fourth-order valence-corrected chi connectivity index (χ4v) is 13.4. The number of carbonyl (C=O) groups is 3. The smallest absolute Gasteiger partial charge is 0.508 e. The molecule has 6 aliphatic rings. The number of unbranched alkanes of at least 4 members (excludes halogenated alkanes) is 1. The maximum atomic E-state index is 13.2. The van der Waals surface area contributed by atoms with E-state index < -0.39 is 30.2 Å². The zero-order chi connectivity index (χ0) is 47.2. The van der Waals surface area contributed by atoms with E-state index in [2.05, 4.69) is 36.7 Å². The Morgan fingerprint density at radius 3 is 2.42 bits per heavy atom. The fourth-order valence-electron chi connectivity index (χ4n) is 13.2. The molecule has 0 bridgehead atoms. The summed E-state index contributed by atoms with van der Waals surface area (Å²) < 4.78 is 5.91. The molecule has 0 aromatic heterocycles. The molecule has 4 fully saturated rings. The number of aliphatic hydroxyl groups is 3. The number of thiocarbonyl (C=S) groups is 1. The Kier molecular flexibility index (Phi) is 15.5. The Labute approximate surface area is 417 Å². The molecule has 8 rings (SSSR count). The van der Waals surface area contributed by atoms with Gasteiger partial charge in [0.2, 0.25) is 5.91 Å². The average Bonchev–Trinajstić information content (AvgIpc) is 3.73. The molecule has 0 radical (unpaired) electrons. The van der Waals surface area contributed by atoms with Crippen molar-refractivity contribution in [2.45, 2.75) is 122 Å². The van der Waals surface area contributed by atoms with Crippen molar-refractivity contribution in [2.24, 2.45) is 46.3 Å². The summed E-state index contributed by atoms with van der Waals surface area (Å²) in [6, 6.07) is 12.5. The predicted octanol–water partition coefficient (Wildman–Crippen LogP) is 4.38. The molecule has 2 aromatic rings. The van der Waals surface area contributed by atoms with Crippen LogP contribution < -0.4 is 50.9 Å². The van der Waals surface area contributed by atoms with Crippen molar-refractivity contribution in [3.63, 3.8) is 0 Å². The number of hydrogen-bond acceptors (Lipinski definition) is 10. The van der Waals surface area contributed by atoms with E-state index in [4.69, 9.17) is 16.6 Å². The van der Waals surface area contributed by atoms with Crippen LogP contribution in [0.1, 0.15) is 108 Å². The Balaban J connectivity index is 0.00000666. The first kappa shape index (κ1) is 50.8. The van der Waals surface area contributed by atoms with Crippen molar-refractivity contribution in [3.05, 3.63) is 70.4 Å². The number of hydrogen-bond donors (Lipinski definition) is 9. The van der Waals surface area contributed by atoms with E-state index in [1.54, 1.807) is 24.3 Å². The molecule has 2 unspecified atom stereocenters. The second-order valence-corrected chi connectivity index (χ2v) is 20.7. The number of anilines is 1. The van der Waals surface area contributed by atoms with Gasteiger partial charge in [0.25, 0.3) is 0 Å². The normalized spacial score (nSPS) is 29.6. The van der Waals surface area contributed by atoms with Crippen molar-refractivity contribution in [2.75, 3.05) is 11.9 Å². The molecule has 354 valence electrons. The zero-order valence-electron chi connectivity index (χ0n) is 38.8. The Bertz CT molecular complexity index is 2540. The third-order valence-corrected chi connectivity index (χ3v) is 16.9. The Morgan fingerprint density at radius 2 is 1.67 bits per heavy atom. The summed E-state index contributed by atoms with van der Waals surface area (Å²) in [5.74, 6) is -1.49. The van der Waals surface area contributed by atoms with E-state index in [0.717, 1.165) is 25.7 Å². The predicted molar refractivity (Wildman–Crippen MR) is 253 cm³/mol. The topological polar surface area (TPSA) is 239 Å². The SMILES string of the molecule is C[C@H](CCC(=O)NC(CCCCNC(=S)Nc1ccc(-c2c3ccc(=O)cc-3oc3cc(O)ccc23)c(C(=O)O)c1)C(=O)O)[C@H]1CCC2[C@@H]1[C@@H](O)C[C@@H]1[C@@]3(C)CC[C@@H](O)C[C@H]3C[C@@H](O)[C@@]21C.[Na+]. The van der Waals surface area contributed by atoms with Gasteiger partial charge in [-0.25, -0.2) is 9.59 Å². The molecule has 2 aromatic carbocycles. The molecule has 1 aliphatic heterocycles. The van der Waals surface area contributed by atoms with Crippen molar-refractivity contribution < 1.29 is 79.0 Å². The summed E-state index contributed by atoms with van der Waals surface area (Å²) in [5, 5.41) is 74.0. The Hall–Kier alpha value is -4.09. The first-order valence-electron chi connectivity index (χ1n) is 23.6. The molecule has 12 atom stereocenters. The van der Waals surface area contributed by atoms with Crippen molar-refractivity contribution in [1.29, 1.82) is 0 Å². The third-order valence-electron chi connectivity index (χ3n) is 16.6. The van der Waals surface area contributed by atoms with Gasteiger partial charge < -0.3 is 51.0 Å². The number of amides is 1. The first-order valence-corrected chi connectivity index (χ1v) is 24.0. The third kappa shape index (κ3) is 10.0. The van der Waals surface area contributed by atoms with Gasteiger partial charge in [-0.3, -0.25) is 9.59 Å². The molecular formula is C51H63N3NaO11S+. The zero-order valence-corrected chi connectivity index (χ0v) is 41.6. The van der Waals surface area contributed by atoms with Crippen LogP contribution in [0.15, 0.2) is 63.8 Å². The minimum Gasteiger partial charge on any atom is -0.508 e. The van der Waals surface area contributed by atoms with Crippen LogP contribution in [0.4, 0.5) is 5.69 Å². The van der Waals surface area contributed by atoms with Crippen LogP contribution in [0.25, 0.3) is 33.4 Å². The molecule has 4 saturated carbocycles. The number of rotatable bonds is 14. The first-order chi connectivity index (χ1) is 31.4. The second-order valence-electron chi connectivity index (χ2n) is 20.3. The number of carboxylic acids is 2. The van der Waals surface area contributed by atoms with Gasteiger partial charge in [0.15, 0.2) is 10.5 Å². The molecule has 0 saturated heterocycles. The van der Waals surface area contributed by atoms with Gasteiger partial charge in [-0.2, -0.15) is 0 Å². The monoisotopic (exact) mass is 948 g/mol. The number of aromatic carboxylic acids is 1. The van der Waals surface area contributed by atoms with Gasteiger partial charge in [0, 0.05) is 52.7 Å². The maximum absolute atomic E-state index is 13.2. The molecule has 67 heavy (non-hydrogen) atoms. The van der Waals surface area contributed by atoms with E-state index in [9.17, 15) is 49.8 Å². The van der Waals surface area contributed by atoms with Gasteiger partial charge in [0.1, 0.15) is 23.1 Å². The summed E-state index contributed by atoms with van der Waals surface area (Å²) in [5.41, 5.74) is 1.43. The summed E-state index contributed by atoms with van der Waals surface area (Å²) >= 11 is 5.49. The van der Waals surface area contributed by atoms with Crippen molar-refractivity contribution >= 4 is 51.8 Å². The van der Waals surface area contributed by atoms with Gasteiger partial charge in [-0.15, -0.1) is 0 Å². The number of aliphatic carboxylic acids is 1. The van der Waals surface area contributed by atoms with Crippen molar-refractivity contribution in [1.82, 2.24) is 10.6 Å². The molecule has 9 N–H and O–H groups in total. The van der Waals surface area contributed by atoms with Crippen LogP contribution >= 0.6 is 12.2 Å². The van der Waals surface area contributed by atoms with Gasteiger partial charge in [0.05, 0.1) is 23.9 Å². The molecular weight excluding hydrogens is 886 g/mol. The number of aliphatic hydroxyl groups excluding tert-OH is 3. The summed E-state index contributed by atoms with van der Waals surface area (Å²) in [7, 11) is 0. The summed E-state index contributed by atoms with van der Waals surface area (Å²) in [4.78, 5) is 50.2. The van der Waals surface area contributed by atoms with E-state index in [-0.39, 0.29) is 134 Å². The molecule has 1 heterocycles. The number of carboxylic acid groups (broad SMARTS) is 2. The van der Waals surface area contributed by atoms with E-state index in [1.165, 1.54) is 30.3 Å². The Morgan fingerprint density at radius 1 is 0.910 bits per heavy atom. The molecule has 0 spiro atoms. The summed E-state index contributed by atoms with van der Waals surface area (Å²) in [6.45, 7) is 7.10. The fraction of sp³-hybridized carbons (Fsp3) is 0.549. The number of phenols is 1. The number of phenolic OH excluding ortho intramolecular Hbond substituents is 1. The van der Waals surface area contributed by atoms with E-state index >= 15 is 0 Å². The maximum Gasteiger partial charge on any atom is 1.00 e. The van der Waals surface area contributed by atoms with Crippen LogP contribution in [0.2, 0.25) is 0 Å². The number of nitrogens with one attached hydrogen (secondary N) is 3. The molecule has 14 nitrogen and oxygen atoms in total.